The van der Waals surface area contributed by atoms with Crippen molar-refractivity contribution in [3.8, 4) is 0 Å². The maximum absolute atomic E-state index is 3.68. The molecule has 2 heterocycles. The van der Waals surface area contributed by atoms with Gasteiger partial charge >= 0.3 is 0 Å². The summed E-state index contributed by atoms with van der Waals surface area (Å²) in [5, 5.41) is 8.95. The van der Waals surface area contributed by atoms with Gasteiger partial charge in [0.2, 0.25) is 0 Å². The lowest BCUT2D eigenvalue weighted by molar-refractivity contribution is 0.654. The second-order valence-corrected chi connectivity index (χ2v) is 8.15. The minimum atomic E-state index is -0.00282. The normalized spacial score (nSPS) is 27.2. The van der Waals surface area contributed by atoms with Crippen molar-refractivity contribution in [1.29, 1.82) is 0 Å². The summed E-state index contributed by atoms with van der Waals surface area (Å²) in [5.41, 5.74) is 0. The standard InChI is InChI=1S/C16H25N2P/c1-2-8-16(9-3-1)19(12-14-6-4-10-17-14)13-15-7-5-11-18-15/h1-3,8-9,14-15,17-18H,4-7,10-13H2/t14-,15-/m0/s1. The second kappa shape index (κ2) is 6.83. The fourth-order valence-corrected chi connectivity index (χ4v) is 6.13. The molecule has 0 saturated carbocycles. The summed E-state index contributed by atoms with van der Waals surface area (Å²) in [6.07, 6.45) is 8.23. The van der Waals surface area contributed by atoms with Gasteiger partial charge in [-0.05, 0) is 56.4 Å². The van der Waals surface area contributed by atoms with Gasteiger partial charge in [-0.15, -0.1) is 0 Å². The van der Waals surface area contributed by atoms with Crippen LogP contribution in [0, 0.1) is 0 Å². The first kappa shape index (κ1) is 13.5. The average Bonchev–Trinajstić information content (AvgIpc) is 3.12. The van der Waals surface area contributed by atoms with Crippen LogP contribution in [0.2, 0.25) is 0 Å². The van der Waals surface area contributed by atoms with Crippen molar-refractivity contribution in [2.24, 2.45) is 0 Å². The number of benzene rings is 1. The minimum absolute atomic E-state index is 0.00282. The largest absolute Gasteiger partial charge is 0.314 e. The molecule has 0 unspecified atom stereocenters. The minimum Gasteiger partial charge on any atom is -0.314 e. The lowest BCUT2D eigenvalue weighted by Crippen LogP contribution is -2.31. The van der Waals surface area contributed by atoms with Crippen LogP contribution in [0.1, 0.15) is 25.7 Å². The number of nitrogens with one attached hydrogen (secondary N) is 2. The Morgan fingerprint density at radius 3 is 1.95 bits per heavy atom. The first-order valence-electron chi connectivity index (χ1n) is 7.68. The molecule has 19 heavy (non-hydrogen) atoms. The number of rotatable bonds is 5. The Labute approximate surface area is 118 Å². The maximum Gasteiger partial charge on any atom is 0.0110 e. The van der Waals surface area contributed by atoms with Crippen molar-refractivity contribution in [1.82, 2.24) is 10.6 Å². The van der Waals surface area contributed by atoms with E-state index in [-0.39, 0.29) is 7.92 Å². The van der Waals surface area contributed by atoms with Crippen LogP contribution in [0.15, 0.2) is 30.3 Å². The highest BCUT2D eigenvalue weighted by atomic mass is 31.1. The molecule has 2 aliphatic heterocycles. The van der Waals surface area contributed by atoms with E-state index in [0.29, 0.717) is 0 Å². The summed E-state index contributed by atoms with van der Waals surface area (Å²) in [6.45, 7) is 2.45. The molecule has 1 aromatic carbocycles. The van der Waals surface area contributed by atoms with Crippen LogP contribution in [0.3, 0.4) is 0 Å². The third-order valence-corrected chi connectivity index (χ3v) is 7.12. The summed E-state index contributed by atoms with van der Waals surface area (Å²) in [5.74, 6) is 0. The average molecular weight is 276 g/mol. The molecule has 2 fully saturated rings. The SMILES string of the molecule is c1ccc(P(C[C@@H]2CCCN2)C[C@@H]2CCCN2)cc1. The van der Waals surface area contributed by atoms with E-state index in [4.69, 9.17) is 0 Å². The van der Waals surface area contributed by atoms with E-state index in [9.17, 15) is 0 Å². The predicted molar refractivity (Wildman–Crippen MR) is 84.8 cm³/mol. The van der Waals surface area contributed by atoms with Gasteiger partial charge in [0.15, 0.2) is 0 Å². The zero-order valence-corrected chi connectivity index (χ0v) is 12.5. The van der Waals surface area contributed by atoms with Gasteiger partial charge in [-0.25, -0.2) is 0 Å². The van der Waals surface area contributed by atoms with Crippen molar-refractivity contribution in [3.63, 3.8) is 0 Å². The first-order chi connectivity index (χ1) is 9.42. The highest BCUT2D eigenvalue weighted by Gasteiger charge is 2.24. The van der Waals surface area contributed by atoms with Gasteiger partial charge in [-0.3, -0.25) is 0 Å². The monoisotopic (exact) mass is 276 g/mol. The molecule has 104 valence electrons. The van der Waals surface area contributed by atoms with Crippen molar-refractivity contribution in [2.45, 2.75) is 37.8 Å². The smallest absolute Gasteiger partial charge is 0.0110 e. The Hall–Kier alpha value is -0.430. The molecule has 0 radical (unpaired) electrons. The van der Waals surface area contributed by atoms with Crippen molar-refractivity contribution in [3.05, 3.63) is 30.3 Å². The summed E-state index contributed by atoms with van der Waals surface area (Å²) in [7, 11) is -0.00282. The van der Waals surface area contributed by atoms with E-state index in [1.54, 1.807) is 5.30 Å². The Balaban J connectivity index is 1.66. The molecule has 0 aliphatic carbocycles. The van der Waals surface area contributed by atoms with Gasteiger partial charge in [0.05, 0.1) is 0 Å². The van der Waals surface area contributed by atoms with Crippen molar-refractivity contribution >= 4 is 13.2 Å². The molecular weight excluding hydrogens is 251 g/mol. The molecular formula is C16H25N2P. The van der Waals surface area contributed by atoms with Crippen LogP contribution >= 0.6 is 7.92 Å². The lowest BCUT2D eigenvalue weighted by Gasteiger charge is -2.25. The first-order valence-corrected chi connectivity index (χ1v) is 9.40. The fraction of sp³-hybridized carbons (Fsp3) is 0.625. The van der Waals surface area contributed by atoms with Crippen molar-refractivity contribution < 1.29 is 0 Å². The van der Waals surface area contributed by atoms with Crippen LogP contribution in [-0.2, 0) is 0 Å². The topological polar surface area (TPSA) is 24.1 Å². The molecule has 0 bridgehead atoms. The molecule has 2 saturated heterocycles. The predicted octanol–water partition coefficient (Wildman–Crippen LogP) is 2.30. The quantitative estimate of drug-likeness (QED) is 0.806. The highest BCUT2D eigenvalue weighted by Crippen LogP contribution is 2.38. The van der Waals surface area contributed by atoms with Gasteiger partial charge < -0.3 is 10.6 Å². The zero-order valence-electron chi connectivity index (χ0n) is 11.6. The third kappa shape index (κ3) is 3.78. The fourth-order valence-electron chi connectivity index (χ4n) is 3.28. The summed E-state index contributed by atoms with van der Waals surface area (Å²) >= 11 is 0. The van der Waals surface area contributed by atoms with Crippen molar-refractivity contribution in [2.75, 3.05) is 25.4 Å². The molecule has 0 amide bonds. The molecule has 0 aromatic heterocycles. The van der Waals surface area contributed by atoms with Crippen LogP contribution in [0.25, 0.3) is 0 Å². The lowest BCUT2D eigenvalue weighted by atomic mass is 10.2. The Morgan fingerprint density at radius 1 is 0.895 bits per heavy atom. The summed E-state index contributed by atoms with van der Waals surface area (Å²) in [6, 6.07) is 12.8. The van der Waals surface area contributed by atoms with E-state index in [1.165, 1.54) is 51.1 Å². The van der Waals surface area contributed by atoms with Gasteiger partial charge in [0, 0.05) is 12.1 Å². The third-order valence-electron chi connectivity index (χ3n) is 4.33. The molecule has 2 N–H and O–H groups in total. The Bertz CT molecular complexity index is 352. The van der Waals surface area contributed by atoms with E-state index in [2.05, 4.69) is 41.0 Å². The van der Waals surface area contributed by atoms with Crippen LogP contribution < -0.4 is 15.9 Å². The highest BCUT2D eigenvalue weighted by molar-refractivity contribution is 7.65. The van der Waals surface area contributed by atoms with E-state index >= 15 is 0 Å². The molecule has 2 atom stereocenters. The van der Waals surface area contributed by atoms with Crippen LogP contribution in [0.4, 0.5) is 0 Å². The van der Waals surface area contributed by atoms with Gasteiger partial charge in [0.1, 0.15) is 0 Å². The van der Waals surface area contributed by atoms with Crippen LogP contribution in [-0.4, -0.2) is 37.5 Å². The Morgan fingerprint density at radius 2 is 1.47 bits per heavy atom. The van der Waals surface area contributed by atoms with Gasteiger partial charge in [0.25, 0.3) is 0 Å². The van der Waals surface area contributed by atoms with E-state index in [0.717, 1.165) is 12.1 Å². The molecule has 2 aliphatic rings. The zero-order chi connectivity index (χ0) is 12.9. The maximum atomic E-state index is 3.68. The van der Waals surface area contributed by atoms with Gasteiger partial charge in [-0.2, -0.15) is 0 Å². The summed E-state index contributed by atoms with van der Waals surface area (Å²) in [4.78, 5) is 0. The second-order valence-electron chi connectivity index (χ2n) is 5.83. The van der Waals surface area contributed by atoms with Gasteiger partial charge in [-0.1, -0.05) is 38.3 Å². The van der Waals surface area contributed by atoms with E-state index < -0.39 is 0 Å². The number of hydrogen-bond acceptors (Lipinski definition) is 2. The molecule has 3 rings (SSSR count). The molecule has 3 heteroatoms. The number of hydrogen-bond donors (Lipinski definition) is 2. The summed E-state index contributed by atoms with van der Waals surface area (Å²) < 4.78 is 0. The molecule has 0 spiro atoms. The van der Waals surface area contributed by atoms with E-state index in [1.807, 2.05) is 0 Å². The Kier molecular flexibility index (Phi) is 4.87. The van der Waals surface area contributed by atoms with Crippen LogP contribution in [0.5, 0.6) is 0 Å². The molecule has 2 nitrogen and oxygen atoms in total. The molecule has 1 aromatic rings.